The van der Waals surface area contributed by atoms with Crippen LogP contribution >= 0.6 is 12.2 Å². The van der Waals surface area contributed by atoms with E-state index in [9.17, 15) is 4.79 Å². The highest BCUT2D eigenvalue weighted by Gasteiger charge is 2.13. The van der Waals surface area contributed by atoms with Crippen molar-refractivity contribution in [1.82, 2.24) is 9.88 Å². The quantitative estimate of drug-likeness (QED) is 0.562. The molecule has 0 saturated heterocycles. The van der Waals surface area contributed by atoms with Gasteiger partial charge >= 0.3 is 0 Å². The average molecular weight is 293 g/mol. The van der Waals surface area contributed by atoms with Crippen molar-refractivity contribution in [1.29, 1.82) is 0 Å². The monoisotopic (exact) mass is 293 g/mol. The normalized spacial score (nSPS) is 10.2. The molecule has 110 valence electrons. The van der Waals surface area contributed by atoms with E-state index in [-0.39, 0.29) is 5.91 Å². The molecule has 0 aromatic carbocycles. The van der Waals surface area contributed by atoms with Gasteiger partial charge in [0, 0.05) is 38.3 Å². The standard InChI is InChI=1S/C15H23N3OS/c1-2-3-4-7-15(19)18(10-8-14(16)20)12-13-6-5-9-17-11-13/h5-6,9,11H,2-4,7-8,10,12H2,1H3,(H2,16,20). The Morgan fingerprint density at radius 1 is 1.40 bits per heavy atom. The molecule has 1 rings (SSSR count). The van der Waals surface area contributed by atoms with Crippen LogP contribution in [0.1, 0.15) is 44.6 Å². The van der Waals surface area contributed by atoms with Gasteiger partial charge in [-0.25, -0.2) is 0 Å². The summed E-state index contributed by atoms with van der Waals surface area (Å²) >= 11 is 4.90. The number of nitrogens with two attached hydrogens (primary N) is 1. The van der Waals surface area contributed by atoms with Gasteiger partial charge in [-0.05, 0) is 18.1 Å². The summed E-state index contributed by atoms with van der Waals surface area (Å²) in [6.07, 6.45) is 7.80. The molecular weight excluding hydrogens is 270 g/mol. The van der Waals surface area contributed by atoms with Crippen LogP contribution in [0.25, 0.3) is 0 Å². The summed E-state index contributed by atoms with van der Waals surface area (Å²) in [6, 6.07) is 3.85. The number of rotatable bonds is 9. The summed E-state index contributed by atoms with van der Waals surface area (Å²) in [7, 11) is 0. The Labute approximate surface area is 126 Å². The van der Waals surface area contributed by atoms with Crippen LogP contribution in [0.5, 0.6) is 0 Å². The Kier molecular flexibility index (Phi) is 7.80. The third-order valence-corrected chi connectivity index (χ3v) is 3.28. The van der Waals surface area contributed by atoms with E-state index in [4.69, 9.17) is 18.0 Å². The summed E-state index contributed by atoms with van der Waals surface area (Å²) in [4.78, 5) is 18.6. The lowest BCUT2D eigenvalue weighted by atomic mass is 10.1. The molecule has 4 nitrogen and oxygen atoms in total. The summed E-state index contributed by atoms with van der Waals surface area (Å²) in [5.74, 6) is 0.165. The molecule has 0 bridgehead atoms. The molecule has 0 unspecified atom stereocenters. The number of pyridine rings is 1. The van der Waals surface area contributed by atoms with Gasteiger partial charge in [-0.15, -0.1) is 0 Å². The van der Waals surface area contributed by atoms with Crippen molar-refractivity contribution in [3.63, 3.8) is 0 Å². The predicted molar refractivity (Wildman–Crippen MR) is 85.2 cm³/mol. The fourth-order valence-electron chi connectivity index (χ4n) is 1.93. The summed E-state index contributed by atoms with van der Waals surface area (Å²) in [5, 5.41) is 0. The largest absolute Gasteiger partial charge is 0.393 e. The van der Waals surface area contributed by atoms with Crippen LogP contribution in [-0.4, -0.2) is 27.3 Å². The third-order valence-electron chi connectivity index (χ3n) is 3.07. The summed E-state index contributed by atoms with van der Waals surface area (Å²) in [5.41, 5.74) is 6.56. The maximum atomic E-state index is 12.3. The van der Waals surface area contributed by atoms with Crippen LogP contribution in [0, 0.1) is 0 Å². The summed E-state index contributed by atoms with van der Waals surface area (Å²) < 4.78 is 0. The molecule has 1 aromatic heterocycles. The first-order valence-corrected chi connectivity index (χ1v) is 7.49. The molecule has 1 aromatic rings. The van der Waals surface area contributed by atoms with Crippen molar-refractivity contribution >= 4 is 23.1 Å². The van der Waals surface area contributed by atoms with Crippen molar-refractivity contribution in [2.24, 2.45) is 5.73 Å². The van der Waals surface area contributed by atoms with Gasteiger partial charge in [0.05, 0.1) is 4.99 Å². The van der Waals surface area contributed by atoms with E-state index in [1.807, 2.05) is 17.0 Å². The Morgan fingerprint density at radius 2 is 2.20 bits per heavy atom. The van der Waals surface area contributed by atoms with Crippen LogP contribution in [0.15, 0.2) is 24.5 Å². The number of hydrogen-bond donors (Lipinski definition) is 1. The van der Waals surface area contributed by atoms with Gasteiger partial charge in [0.1, 0.15) is 0 Å². The van der Waals surface area contributed by atoms with Gasteiger partial charge in [0.25, 0.3) is 0 Å². The molecule has 2 N–H and O–H groups in total. The minimum absolute atomic E-state index is 0.165. The lowest BCUT2D eigenvalue weighted by Crippen LogP contribution is -2.33. The van der Waals surface area contributed by atoms with Gasteiger partial charge in [-0.2, -0.15) is 0 Å². The van der Waals surface area contributed by atoms with Crippen molar-refractivity contribution in [2.75, 3.05) is 6.54 Å². The second-order valence-electron chi connectivity index (χ2n) is 4.85. The van der Waals surface area contributed by atoms with Gasteiger partial charge in [0.2, 0.25) is 5.91 Å². The number of unbranched alkanes of at least 4 members (excludes halogenated alkanes) is 2. The number of aromatic nitrogens is 1. The van der Waals surface area contributed by atoms with Gasteiger partial charge in [0.15, 0.2) is 0 Å². The molecule has 0 fully saturated rings. The zero-order chi connectivity index (χ0) is 14.8. The van der Waals surface area contributed by atoms with Gasteiger partial charge in [-0.1, -0.05) is 38.0 Å². The zero-order valence-electron chi connectivity index (χ0n) is 12.0. The van der Waals surface area contributed by atoms with E-state index in [1.165, 1.54) is 0 Å². The molecule has 0 radical (unpaired) electrons. The molecule has 0 aliphatic carbocycles. The lowest BCUT2D eigenvalue weighted by Gasteiger charge is -2.22. The molecule has 1 amide bonds. The van der Waals surface area contributed by atoms with E-state index >= 15 is 0 Å². The van der Waals surface area contributed by atoms with E-state index in [1.54, 1.807) is 12.4 Å². The van der Waals surface area contributed by atoms with Crippen LogP contribution in [0.4, 0.5) is 0 Å². The lowest BCUT2D eigenvalue weighted by molar-refractivity contribution is -0.131. The minimum Gasteiger partial charge on any atom is -0.393 e. The number of hydrogen-bond acceptors (Lipinski definition) is 3. The highest BCUT2D eigenvalue weighted by atomic mass is 32.1. The Balaban J connectivity index is 2.59. The molecular formula is C15H23N3OS. The highest BCUT2D eigenvalue weighted by molar-refractivity contribution is 7.80. The molecule has 5 heteroatoms. The molecule has 0 atom stereocenters. The predicted octanol–water partition coefficient (Wildman–Crippen LogP) is 2.67. The summed E-state index contributed by atoms with van der Waals surface area (Å²) in [6.45, 7) is 3.28. The molecule has 0 aliphatic heterocycles. The second-order valence-corrected chi connectivity index (χ2v) is 5.37. The molecule has 1 heterocycles. The van der Waals surface area contributed by atoms with Crippen LogP contribution < -0.4 is 5.73 Å². The first-order chi connectivity index (χ1) is 9.63. The topological polar surface area (TPSA) is 59.2 Å². The van der Waals surface area contributed by atoms with E-state index in [0.29, 0.717) is 30.9 Å². The van der Waals surface area contributed by atoms with E-state index in [2.05, 4.69) is 11.9 Å². The maximum Gasteiger partial charge on any atom is 0.222 e. The molecule has 0 aliphatic rings. The average Bonchev–Trinajstić information content (AvgIpc) is 2.44. The number of carbonyl (C=O) groups is 1. The SMILES string of the molecule is CCCCCC(=O)N(CCC(N)=S)Cc1cccnc1. The van der Waals surface area contributed by atoms with Gasteiger partial charge in [-0.3, -0.25) is 9.78 Å². The minimum atomic E-state index is 0.165. The van der Waals surface area contributed by atoms with E-state index in [0.717, 1.165) is 24.8 Å². The maximum absolute atomic E-state index is 12.3. The van der Waals surface area contributed by atoms with Crippen molar-refractivity contribution in [3.8, 4) is 0 Å². The number of thiocarbonyl (C=S) groups is 1. The first-order valence-electron chi connectivity index (χ1n) is 7.08. The Hall–Kier alpha value is -1.49. The van der Waals surface area contributed by atoms with Crippen LogP contribution in [0.2, 0.25) is 0 Å². The molecule has 0 spiro atoms. The fourth-order valence-corrected chi connectivity index (χ4v) is 2.02. The van der Waals surface area contributed by atoms with Gasteiger partial charge < -0.3 is 10.6 Å². The second kappa shape index (κ2) is 9.42. The third kappa shape index (κ3) is 6.61. The van der Waals surface area contributed by atoms with Crippen molar-refractivity contribution < 1.29 is 4.79 Å². The smallest absolute Gasteiger partial charge is 0.222 e. The number of carbonyl (C=O) groups excluding carboxylic acids is 1. The Bertz CT molecular complexity index is 422. The molecule has 20 heavy (non-hydrogen) atoms. The number of amides is 1. The van der Waals surface area contributed by atoms with E-state index < -0.39 is 0 Å². The van der Waals surface area contributed by atoms with Crippen molar-refractivity contribution in [3.05, 3.63) is 30.1 Å². The fraction of sp³-hybridized carbons (Fsp3) is 0.533. The van der Waals surface area contributed by atoms with Crippen LogP contribution in [-0.2, 0) is 11.3 Å². The highest BCUT2D eigenvalue weighted by Crippen LogP contribution is 2.09. The molecule has 0 saturated carbocycles. The zero-order valence-corrected chi connectivity index (χ0v) is 12.9. The van der Waals surface area contributed by atoms with Crippen molar-refractivity contribution in [2.45, 2.75) is 45.6 Å². The van der Waals surface area contributed by atoms with Crippen LogP contribution in [0.3, 0.4) is 0 Å². The Morgan fingerprint density at radius 3 is 2.80 bits per heavy atom. The number of nitrogens with zero attached hydrogens (tertiary/aromatic N) is 2. The first kappa shape index (κ1) is 16.6.